The molecule has 2 aromatic carbocycles. The van der Waals surface area contributed by atoms with Crippen molar-refractivity contribution in [2.24, 2.45) is 0 Å². The number of nitrogens with one attached hydrogen (secondary N) is 1. The highest BCUT2D eigenvalue weighted by Crippen LogP contribution is 2.31. The Balaban J connectivity index is 1.69. The van der Waals surface area contributed by atoms with E-state index in [4.69, 9.17) is 9.26 Å². The molecule has 0 aliphatic carbocycles. The van der Waals surface area contributed by atoms with Gasteiger partial charge in [0.25, 0.3) is 10.0 Å². The number of hydrogen-bond acceptors (Lipinski definition) is 8. The lowest BCUT2D eigenvalue weighted by molar-refractivity contribution is -0.114. The predicted molar refractivity (Wildman–Crippen MR) is 131 cm³/mol. The fourth-order valence-electron chi connectivity index (χ4n) is 3.74. The lowest BCUT2D eigenvalue weighted by Gasteiger charge is -2.24. The van der Waals surface area contributed by atoms with Crippen molar-refractivity contribution in [1.82, 2.24) is 10.1 Å². The molecule has 1 N–H and O–H groups in total. The molecule has 34 heavy (non-hydrogen) atoms. The van der Waals surface area contributed by atoms with Crippen molar-refractivity contribution < 1.29 is 22.5 Å². The van der Waals surface area contributed by atoms with Gasteiger partial charge in [-0.3, -0.25) is 9.10 Å². The van der Waals surface area contributed by atoms with Gasteiger partial charge >= 0.3 is 0 Å². The van der Waals surface area contributed by atoms with Crippen molar-refractivity contribution >= 4 is 48.3 Å². The van der Waals surface area contributed by atoms with Crippen molar-refractivity contribution in [3.63, 3.8) is 0 Å². The first-order valence-corrected chi connectivity index (χ1v) is 12.6. The quantitative estimate of drug-likeness (QED) is 0.401. The fraction of sp³-hybridized carbons (Fsp3) is 0.261. The van der Waals surface area contributed by atoms with E-state index in [2.05, 4.69) is 15.5 Å². The number of amides is 1. The molecule has 0 saturated carbocycles. The number of carbonyl (C=O) groups excluding carboxylic acids is 1. The number of anilines is 2. The Labute approximate surface area is 201 Å². The maximum absolute atomic E-state index is 13.7. The van der Waals surface area contributed by atoms with Gasteiger partial charge in [-0.25, -0.2) is 13.4 Å². The smallest absolute Gasteiger partial charge is 0.270 e. The molecule has 0 atom stereocenters. The van der Waals surface area contributed by atoms with Crippen LogP contribution in [-0.2, 0) is 14.8 Å². The van der Waals surface area contributed by atoms with Gasteiger partial charge in [0.15, 0.2) is 15.8 Å². The predicted octanol–water partition coefficient (Wildman–Crippen LogP) is 4.36. The minimum absolute atomic E-state index is 0.0495. The third-order valence-corrected chi connectivity index (χ3v) is 8.09. The van der Waals surface area contributed by atoms with E-state index >= 15 is 0 Å². The van der Waals surface area contributed by atoms with E-state index in [-0.39, 0.29) is 16.3 Å². The van der Waals surface area contributed by atoms with Gasteiger partial charge in [-0.1, -0.05) is 22.6 Å². The Morgan fingerprint density at radius 2 is 1.82 bits per heavy atom. The SMILES string of the molecule is COc1ccc2nc(NC(=O)CN(c3cc(C)cc(C)c3)S(=O)(=O)c3c(C)noc3C)sc2c1. The van der Waals surface area contributed by atoms with E-state index in [0.29, 0.717) is 22.1 Å². The summed E-state index contributed by atoms with van der Waals surface area (Å²) in [6.07, 6.45) is 0. The molecule has 4 aromatic rings. The standard InChI is InChI=1S/C23H24N4O5S2/c1-13-8-14(2)10-17(9-13)27(34(29,30)22-15(3)26-32-16(22)4)12-21(28)25-23-24-19-7-6-18(31-5)11-20(19)33-23/h6-11H,12H2,1-5H3,(H,24,25,28). The maximum atomic E-state index is 13.7. The van der Waals surface area contributed by atoms with Crippen LogP contribution in [0.15, 0.2) is 45.8 Å². The van der Waals surface area contributed by atoms with Crippen molar-refractivity contribution in [3.8, 4) is 5.75 Å². The molecule has 2 aromatic heterocycles. The topological polar surface area (TPSA) is 115 Å². The van der Waals surface area contributed by atoms with Gasteiger partial charge in [-0.15, -0.1) is 0 Å². The summed E-state index contributed by atoms with van der Waals surface area (Å²) < 4.78 is 39.6. The molecule has 11 heteroatoms. The number of hydrogen-bond donors (Lipinski definition) is 1. The van der Waals surface area contributed by atoms with Crippen molar-refractivity contribution in [2.75, 3.05) is 23.3 Å². The Morgan fingerprint density at radius 3 is 2.44 bits per heavy atom. The van der Waals surface area contributed by atoms with Gasteiger partial charge in [0, 0.05) is 0 Å². The number of sulfonamides is 1. The molecule has 9 nitrogen and oxygen atoms in total. The number of nitrogens with zero attached hydrogens (tertiary/aromatic N) is 3. The third-order valence-electron chi connectivity index (χ3n) is 5.14. The highest BCUT2D eigenvalue weighted by Gasteiger charge is 2.33. The zero-order chi connectivity index (χ0) is 24.6. The van der Waals surface area contributed by atoms with E-state index in [0.717, 1.165) is 20.1 Å². The number of fused-ring (bicyclic) bond motifs is 1. The average molecular weight is 501 g/mol. The Morgan fingerprint density at radius 1 is 1.12 bits per heavy atom. The van der Waals surface area contributed by atoms with Crippen LogP contribution in [0.5, 0.6) is 5.75 Å². The Hall–Kier alpha value is -3.44. The lowest BCUT2D eigenvalue weighted by atomic mass is 10.1. The largest absolute Gasteiger partial charge is 0.497 e. The molecule has 0 spiro atoms. The number of ether oxygens (including phenoxy) is 1. The van der Waals surface area contributed by atoms with Crippen molar-refractivity contribution in [1.29, 1.82) is 0 Å². The lowest BCUT2D eigenvalue weighted by Crippen LogP contribution is -2.38. The van der Waals surface area contributed by atoms with Crippen LogP contribution in [-0.4, -0.2) is 38.1 Å². The number of thiazole rings is 1. The number of methoxy groups -OCH3 is 1. The molecule has 4 rings (SSSR count). The number of aromatic nitrogens is 2. The summed E-state index contributed by atoms with van der Waals surface area (Å²) in [6, 6.07) is 10.8. The summed E-state index contributed by atoms with van der Waals surface area (Å²) in [6.45, 7) is 6.37. The zero-order valence-corrected chi connectivity index (χ0v) is 21.0. The minimum Gasteiger partial charge on any atom is -0.497 e. The second-order valence-corrected chi connectivity index (χ2v) is 10.7. The molecule has 0 saturated heterocycles. The molecule has 1 amide bonds. The van der Waals surface area contributed by atoms with E-state index in [1.807, 2.05) is 26.0 Å². The van der Waals surface area contributed by atoms with Crippen LogP contribution < -0.4 is 14.4 Å². The maximum Gasteiger partial charge on any atom is 0.270 e. The van der Waals surface area contributed by atoms with Crippen LogP contribution >= 0.6 is 11.3 Å². The summed E-state index contributed by atoms with van der Waals surface area (Å²) in [7, 11) is -2.57. The van der Waals surface area contributed by atoms with E-state index in [1.54, 1.807) is 38.3 Å². The van der Waals surface area contributed by atoms with Crippen LogP contribution in [0.1, 0.15) is 22.6 Å². The molecular formula is C23H24N4O5S2. The van der Waals surface area contributed by atoms with Gasteiger partial charge in [0.1, 0.15) is 18.0 Å². The molecule has 0 radical (unpaired) electrons. The van der Waals surface area contributed by atoms with Gasteiger partial charge < -0.3 is 14.6 Å². The summed E-state index contributed by atoms with van der Waals surface area (Å²) in [4.78, 5) is 17.4. The molecule has 0 unspecified atom stereocenters. The summed E-state index contributed by atoms with van der Waals surface area (Å²) in [5, 5.41) is 6.87. The number of carbonyl (C=O) groups is 1. The Kier molecular flexibility index (Phi) is 6.32. The first-order chi connectivity index (χ1) is 16.1. The third kappa shape index (κ3) is 4.62. The highest BCUT2D eigenvalue weighted by atomic mass is 32.2. The zero-order valence-electron chi connectivity index (χ0n) is 19.4. The molecule has 0 aliphatic rings. The van der Waals surface area contributed by atoms with E-state index in [9.17, 15) is 13.2 Å². The Bertz CT molecular complexity index is 1450. The summed E-state index contributed by atoms with van der Waals surface area (Å²) in [5.74, 6) is 0.313. The van der Waals surface area contributed by atoms with Gasteiger partial charge in [-0.05, 0) is 69.2 Å². The first-order valence-electron chi connectivity index (χ1n) is 10.4. The fourth-order valence-corrected chi connectivity index (χ4v) is 6.35. The second kappa shape index (κ2) is 9.07. The average Bonchev–Trinajstić information content (AvgIpc) is 3.32. The number of benzene rings is 2. The molecule has 0 fully saturated rings. The molecule has 178 valence electrons. The minimum atomic E-state index is -4.14. The molecule has 0 aliphatic heterocycles. The number of aryl methyl sites for hydroxylation is 4. The molecule has 2 heterocycles. The van der Waals surface area contributed by atoms with Crippen molar-refractivity contribution in [2.45, 2.75) is 32.6 Å². The highest BCUT2D eigenvalue weighted by molar-refractivity contribution is 7.93. The van der Waals surface area contributed by atoms with Crippen LogP contribution in [0.2, 0.25) is 0 Å². The second-order valence-electron chi connectivity index (χ2n) is 7.91. The van der Waals surface area contributed by atoms with Crippen LogP contribution in [0.4, 0.5) is 10.8 Å². The normalized spacial score (nSPS) is 11.6. The number of rotatable bonds is 7. The molecular weight excluding hydrogens is 476 g/mol. The van der Waals surface area contributed by atoms with Crippen LogP contribution in [0.3, 0.4) is 0 Å². The van der Waals surface area contributed by atoms with E-state index < -0.39 is 22.5 Å². The molecule has 0 bridgehead atoms. The first kappa shape index (κ1) is 23.7. The van der Waals surface area contributed by atoms with Gasteiger partial charge in [-0.2, -0.15) is 0 Å². The van der Waals surface area contributed by atoms with Crippen LogP contribution in [0.25, 0.3) is 10.2 Å². The monoisotopic (exact) mass is 500 g/mol. The van der Waals surface area contributed by atoms with Gasteiger partial charge in [0.2, 0.25) is 5.91 Å². The van der Waals surface area contributed by atoms with Crippen LogP contribution in [0, 0.1) is 27.7 Å². The van der Waals surface area contributed by atoms with Gasteiger partial charge in [0.05, 0.1) is 23.0 Å². The van der Waals surface area contributed by atoms with Crippen molar-refractivity contribution in [3.05, 3.63) is 59.0 Å². The summed E-state index contributed by atoms with van der Waals surface area (Å²) in [5.41, 5.74) is 3.05. The summed E-state index contributed by atoms with van der Waals surface area (Å²) >= 11 is 1.28. The van der Waals surface area contributed by atoms with E-state index in [1.165, 1.54) is 18.3 Å².